The molecule has 192 valence electrons. The predicted molar refractivity (Wildman–Crippen MR) is 143 cm³/mol. The van der Waals surface area contributed by atoms with Gasteiger partial charge >= 0.3 is 12.1 Å². The molecule has 4 rings (SSSR count). The minimum absolute atomic E-state index is 0.0634. The van der Waals surface area contributed by atoms with Gasteiger partial charge in [-0.3, -0.25) is 4.79 Å². The van der Waals surface area contributed by atoms with Crippen LogP contribution >= 0.6 is 22.6 Å². The van der Waals surface area contributed by atoms with Gasteiger partial charge in [0, 0.05) is 27.0 Å². The number of carbonyl (C=O) groups excluding carboxylic acids is 2. The van der Waals surface area contributed by atoms with Gasteiger partial charge in [-0.2, -0.15) is 0 Å². The van der Waals surface area contributed by atoms with Crippen molar-refractivity contribution in [1.29, 1.82) is 0 Å². The number of nitrogens with zero attached hydrogens (tertiary/aromatic N) is 2. The van der Waals surface area contributed by atoms with Gasteiger partial charge in [0.2, 0.25) is 11.8 Å². The molecule has 2 aliphatic rings. The summed E-state index contributed by atoms with van der Waals surface area (Å²) in [5.41, 5.74) is 0.301. The number of amides is 2. The van der Waals surface area contributed by atoms with E-state index in [1.807, 2.05) is 45.1 Å². The van der Waals surface area contributed by atoms with Crippen LogP contribution in [0.25, 0.3) is 16.8 Å². The molecular weight excluding hydrogens is 577 g/mol. The number of pyridine rings is 1. The third-order valence-electron chi connectivity index (χ3n) is 6.36. The maximum Gasteiger partial charge on any atom is 0.407 e. The number of aliphatic carboxylic acids is 1. The average Bonchev–Trinajstić information content (AvgIpc) is 3.23. The lowest BCUT2D eigenvalue weighted by Gasteiger charge is -2.34. The minimum Gasteiger partial charge on any atom is -0.480 e. The molecule has 0 aliphatic carbocycles. The number of hydrogen-bond acceptors (Lipinski definition) is 6. The summed E-state index contributed by atoms with van der Waals surface area (Å²) in [6.45, 7) is 5.69. The molecule has 1 aromatic carbocycles. The van der Waals surface area contributed by atoms with Gasteiger partial charge in [-0.25, -0.2) is 14.6 Å². The summed E-state index contributed by atoms with van der Waals surface area (Å²) in [4.78, 5) is 43.9. The predicted octanol–water partition coefficient (Wildman–Crippen LogP) is 4.22. The first-order chi connectivity index (χ1) is 17.0. The number of ether oxygens (including phenoxy) is 2. The Morgan fingerprint density at radius 2 is 2.03 bits per heavy atom. The number of aromatic nitrogens is 1. The maximum atomic E-state index is 13.6. The van der Waals surface area contributed by atoms with Gasteiger partial charge in [0.1, 0.15) is 18.2 Å². The molecule has 0 spiro atoms. The van der Waals surface area contributed by atoms with Crippen LogP contribution in [0.15, 0.2) is 30.5 Å². The molecule has 1 aromatic heterocycles. The molecule has 9 nitrogen and oxygen atoms in total. The lowest BCUT2D eigenvalue weighted by Crippen LogP contribution is -2.57. The van der Waals surface area contributed by atoms with Crippen molar-refractivity contribution in [3.05, 3.63) is 39.6 Å². The van der Waals surface area contributed by atoms with Crippen LogP contribution in [0.3, 0.4) is 0 Å². The molecule has 3 heterocycles. The van der Waals surface area contributed by atoms with E-state index in [4.69, 9.17) is 9.47 Å². The fourth-order valence-corrected chi connectivity index (χ4v) is 5.33. The molecule has 0 saturated carbocycles. The maximum absolute atomic E-state index is 13.6. The molecule has 0 unspecified atom stereocenters. The van der Waals surface area contributed by atoms with Crippen LogP contribution < -0.4 is 10.1 Å². The summed E-state index contributed by atoms with van der Waals surface area (Å²) in [7, 11) is 0. The number of allylic oxidation sites excluding steroid dienone is 1. The zero-order chi connectivity index (χ0) is 26.0. The van der Waals surface area contributed by atoms with Gasteiger partial charge in [-0.15, -0.1) is 0 Å². The van der Waals surface area contributed by atoms with E-state index in [0.29, 0.717) is 18.7 Å². The van der Waals surface area contributed by atoms with Crippen LogP contribution in [-0.2, 0) is 14.3 Å². The van der Waals surface area contributed by atoms with Crippen LogP contribution in [-0.4, -0.2) is 64.3 Å². The number of rotatable bonds is 1. The molecular formula is C26H30IN3O6. The summed E-state index contributed by atoms with van der Waals surface area (Å²) in [6.07, 6.45) is 5.85. The van der Waals surface area contributed by atoms with Crippen molar-refractivity contribution in [2.45, 2.75) is 58.2 Å². The van der Waals surface area contributed by atoms with E-state index < -0.39 is 41.6 Å². The molecule has 2 aliphatic heterocycles. The number of carbonyl (C=O) groups is 3. The topological polar surface area (TPSA) is 118 Å². The molecule has 4 bridgehead atoms. The number of alkyl carbamates (subject to hydrolysis) is 1. The van der Waals surface area contributed by atoms with Crippen molar-refractivity contribution in [2.24, 2.45) is 5.41 Å². The van der Waals surface area contributed by atoms with Crippen molar-refractivity contribution in [2.75, 3.05) is 13.2 Å². The van der Waals surface area contributed by atoms with E-state index in [0.717, 1.165) is 19.9 Å². The Balaban J connectivity index is 1.74. The van der Waals surface area contributed by atoms with Gasteiger partial charge in [-0.1, -0.05) is 32.9 Å². The summed E-state index contributed by atoms with van der Waals surface area (Å²) >= 11 is 2.28. The van der Waals surface area contributed by atoms with Gasteiger partial charge in [0.05, 0.1) is 13.2 Å². The van der Waals surface area contributed by atoms with E-state index >= 15 is 0 Å². The van der Waals surface area contributed by atoms with Crippen molar-refractivity contribution in [3.63, 3.8) is 0 Å². The monoisotopic (exact) mass is 607 g/mol. The number of halogens is 1. The van der Waals surface area contributed by atoms with Crippen molar-refractivity contribution < 1.29 is 29.0 Å². The Morgan fingerprint density at radius 3 is 2.75 bits per heavy atom. The molecule has 2 N–H and O–H groups in total. The number of benzene rings is 1. The highest BCUT2D eigenvalue weighted by Gasteiger charge is 2.46. The van der Waals surface area contributed by atoms with Gasteiger partial charge in [0.15, 0.2) is 0 Å². The van der Waals surface area contributed by atoms with E-state index in [1.165, 1.54) is 4.90 Å². The third kappa shape index (κ3) is 5.74. The lowest BCUT2D eigenvalue weighted by atomic mass is 9.85. The van der Waals surface area contributed by atoms with E-state index in [-0.39, 0.29) is 19.6 Å². The number of carboxylic acids is 1. The highest BCUT2D eigenvalue weighted by Crippen LogP contribution is 2.33. The van der Waals surface area contributed by atoms with Crippen molar-refractivity contribution >= 4 is 57.4 Å². The van der Waals surface area contributed by atoms with E-state index in [2.05, 4.69) is 39.0 Å². The quantitative estimate of drug-likeness (QED) is 0.467. The SMILES string of the molecule is CC(C)(C)[C@@H]1NC(=O)OCCC/C=C\c2cc(I)c3ccnc(c3c2)O[C@@H]2C[C@@H](C(=O)O)N(C2)C1=O. The first-order valence-corrected chi connectivity index (χ1v) is 13.0. The minimum atomic E-state index is -1.12. The van der Waals surface area contributed by atoms with Crippen LogP contribution in [0.5, 0.6) is 5.88 Å². The Labute approximate surface area is 223 Å². The van der Waals surface area contributed by atoms with Gasteiger partial charge in [-0.05, 0) is 64.6 Å². The van der Waals surface area contributed by atoms with Crippen LogP contribution in [0.2, 0.25) is 0 Å². The first-order valence-electron chi connectivity index (χ1n) is 11.9. The number of carboxylic acid groups (broad SMARTS) is 1. The fourth-order valence-electron chi connectivity index (χ4n) is 4.50. The second-order valence-electron chi connectivity index (χ2n) is 10.2. The zero-order valence-corrected chi connectivity index (χ0v) is 22.7. The lowest BCUT2D eigenvalue weighted by molar-refractivity contribution is -0.150. The van der Waals surface area contributed by atoms with E-state index in [9.17, 15) is 19.5 Å². The summed E-state index contributed by atoms with van der Waals surface area (Å²) in [5, 5.41) is 14.4. The summed E-state index contributed by atoms with van der Waals surface area (Å²) < 4.78 is 12.6. The molecule has 10 heteroatoms. The standard InChI is InChI=1S/C26H30IN3O6/c1-26(2,3)21-23(31)30-14-16(13-20(30)24(32)33)36-22-18-11-15(12-19(27)17(18)8-9-28-22)7-5-4-6-10-35-25(34)29-21/h5,7-9,11-12,16,20-21H,4,6,10,13-14H2,1-3H3,(H,29,34)(H,32,33)/b7-5-/t16-,20+,21-/m1/s1. The van der Waals surface area contributed by atoms with Crippen LogP contribution in [0, 0.1) is 8.99 Å². The smallest absolute Gasteiger partial charge is 0.407 e. The highest BCUT2D eigenvalue weighted by atomic mass is 127. The number of hydrogen-bond donors (Lipinski definition) is 2. The molecule has 2 aromatic rings. The Hall–Kier alpha value is -2.89. The summed E-state index contributed by atoms with van der Waals surface area (Å²) in [5.74, 6) is -1.20. The molecule has 1 fully saturated rings. The zero-order valence-electron chi connectivity index (χ0n) is 20.5. The Kier molecular flexibility index (Phi) is 7.72. The molecule has 3 atom stereocenters. The van der Waals surface area contributed by atoms with Crippen molar-refractivity contribution in [1.82, 2.24) is 15.2 Å². The Morgan fingerprint density at radius 1 is 1.25 bits per heavy atom. The largest absolute Gasteiger partial charge is 0.480 e. The van der Waals surface area contributed by atoms with Gasteiger partial charge < -0.3 is 24.8 Å². The first kappa shape index (κ1) is 26.2. The number of fused-ring (bicyclic) bond motifs is 3. The molecule has 0 radical (unpaired) electrons. The van der Waals surface area contributed by atoms with Crippen molar-refractivity contribution in [3.8, 4) is 5.88 Å². The average molecular weight is 607 g/mol. The molecule has 1 saturated heterocycles. The van der Waals surface area contributed by atoms with E-state index in [1.54, 1.807) is 6.20 Å². The summed E-state index contributed by atoms with van der Waals surface area (Å²) in [6, 6.07) is 3.92. The molecule has 2 amide bonds. The normalized spacial score (nSPS) is 24.4. The fraction of sp³-hybridized carbons (Fsp3) is 0.462. The van der Waals surface area contributed by atoms with Gasteiger partial charge in [0.25, 0.3) is 0 Å². The third-order valence-corrected chi connectivity index (χ3v) is 7.25. The van der Waals surface area contributed by atoms with Crippen LogP contribution in [0.1, 0.15) is 45.6 Å². The Bertz CT molecular complexity index is 1210. The number of nitrogens with one attached hydrogen (secondary N) is 1. The second-order valence-corrected chi connectivity index (χ2v) is 11.3. The van der Waals surface area contributed by atoms with Crippen LogP contribution in [0.4, 0.5) is 4.79 Å². The number of cyclic esters (lactones) is 1. The molecule has 36 heavy (non-hydrogen) atoms. The highest BCUT2D eigenvalue weighted by molar-refractivity contribution is 14.1. The second kappa shape index (κ2) is 10.6.